The number of hydrogen-bond donors (Lipinski definition) is 2. The number of alkyl halides is 2. The largest absolute Gasteiger partial charge is 0.492 e. The van der Waals surface area contributed by atoms with E-state index in [-0.39, 0.29) is 12.6 Å². The maximum atomic E-state index is 11.3. The minimum atomic E-state index is -1.18. The molecule has 4 rings (SSSR count). The predicted octanol–water partition coefficient (Wildman–Crippen LogP) is 6.23. The van der Waals surface area contributed by atoms with E-state index in [1.807, 2.05) is 42.5 Å². The lowest BCUT2D eigenvalue weighted by atomic mass is 10.0. The first-order valence-corrected chi connectivity index (χ1v) is 15.0. The normalized spacial score (nSPS) is 18.9. The van der Waals surface area contributed by atoms with Gasteiger partial charge in [0.05, 0.1) is 35.7 Å². The van der Waals surface area contributed by atoms with Crippen LogP contribution >= 0.6 is 68.4 Å². The van der Waals surface area contributed by atoms with Gasteiger partial charge in [-0.25, -0.2) is 0 Å². The summed E-state index contributed by atoms with van der Waals surface area (Å²) in [5, 5.41) is 21.9. The van der Waals surface area contributed by atoms with E-state index in [0.717, 1.165) is 30.1 Å². The summed E-state index contributed by atoms with van der Waals surface area (Å²) in [7, 11) is 0. The summed E-state index contributed by atoms with van der Waals surface area (Å²) in [6, 6.07) is 17.3. The Morgan fingerprint density at radius 3 is 2.51 bits per heavy atom. The highest BCUT2D eigenvalue weighted by Gasteiger charge is 2.35. The number of pyridine rings is 1. The third kappa shape index (κ3) is 7.61. The van der Waals surface area contributed by atoms with Crippen molar-refractivity contribution < 1.29 is 14.9 Å². The summed E-state index contributed by atoms with van der Waals surface area (Å²) in [5.74, 6) is 0.758. The maximum absolute atomic E-state index is 11.3. The van der Waals surface area contributed by atoms with Crippen molar-refractivity contribution in [2.75, 3.05) is 37.7 Å². The van der Waals surface area contributed by atoms with Crippen molar-refractivity contribution in [1.29, 1.82) is 0 Å². The second-order valence-electron chi connectivity index (χ2n) is 9.17. The van der Waals surface area contributed by atoms with Gasteiger partial charge in [0.25, 0.3) is 0 Å². The van der Waals surface area contributed by atoms with Gasteiger partial charge in [-0.15, -0.1) is 0 Å². The molecule has 1 aliphatic heterocycles. The Morgan fingerprint density at radius 1 is 1.14 bits per heavy atom. The molecule has 0 bridgehead atoms. The number of halogens is 4. The minimum Gasteiger partial charge on any atom is -0.492 e. The number of β-amino-alcohol motifs (C(OH)–C–C–N with tert-alkyl or cyclic N) is 1. The van der Waals surface area contributed by atoms with Crippen LogP contribution in [0.1, 0.15) is 29.8 Å². The first kappa shape index (κ1) is 29.1. The molecule has 6 nitrogen and oxygen atoms in total. The molecule has 1 aliphatic rings. The van der Waals surface area contributed by atoms with Gasteiger partial charge in [0.2, 0.25) is 0 Å². The molecule has 0 saturated carbocycles. The molecule has 2 N–H and O–H groups in total. The van der Waals surface area contributed by atoms with Crippen LogP contribution in [-0.4, -0.2) is 56.8 Å². The van der Waals surface area contributed by atoms with Gasteiger partial charge in [0, 0.05) is 47.4 Å². The van der Waals surface area contributed by atoms with E-state index >= 15 is 0 Å². The SMILES string of the molecule is C[C@H](I)COc1ccc(N2CCN(C[C@](O)(I)c3ccc(CO)cn3)C[C@H]2c2ccc(Cl)cc2)c(Cl)c1. The fourth-order valence-corrected chi connectivity index (χ4v) is 5.77. The van der Waals surface area contributed by atoms with Gasteiger partial charge >= 0.3 is 0 Å². The standard InChI is InChI=1S/C27H29Cl2I2N3O3/c1-18(30)16-37-22-7-8-24(23(29)12-22)34-11-10-33(14-25(34)20-3-5-21(28)6-4-20)17-27(31,36)26-9-2-19(15-35)13-32-26/h2-9,12-13,18,25,35-36H,10-11,14-17H2,1H3/t18-,25-,27+/m0/s1. The highest BCUT2D eigenvalue weighted by Crippen LogP contribution is 2.38. The first-order chi connectivity index (χ1) is 17.7. The highest BCUT2D eigenvalue weighted by molar-refractivity contribution is 14.1. The molecule has 1 fully saturated rings. The zero-order valence-corrected chi connectivity index (χ0v) is 26.2. The average molecular weight is 768 g/mol. The summed E-state index contributed by atoms with van der Waals surface area (Å²) >= 11 is 17.4. The number of ether oxygens (including phenoxy) is 1. The van der Waals surface area contributed by atoms with Crippen molar-refractivity contribution in [2.45, 2.75) is 27.1 Å². The Balaban J connectivity index is 1.57. The Kier molecular flexibility index (Phi) is 10.2. The number of anilines is 1. The van der Waals surface area contributed by atoms with Crippen molar-refractivity contribution >= 4 is 74.1 Å². The topological polar surface area (TPSA) is 69.1 Å². The van der Waals surface area contributed by atoms with Crippen LogP contribution in [0.2, 0.25) is 10.0 Å². The Labute approximate surface area is 255 Å². The quantitative estimate of drug-likeness (QED) is 0.199. The monoisotopic (exact) mass is 767 g/mol. The predicted molar refractivity (Wildman–Crippen MR) is 166 cm³/mol. The van der Waals surface area contributed by atoms with E-state index in [1.165, 1.54) is 0 Å². The molecule has 1 saturated heterocycles. The summed E-state index contributed by atoms with van der Waals surface area (Å²) < 4.78 is 5.09. The number of aliphatic hydroxyl groups is 2. The molecule has 0 spiro atoms. The van der Waals surface area contributed by atoms with Crippen LogP contribution in [0, 0.1) is 0 Å². The molecule has 198 valence electrons. The fourth-order valence-electron chi connectivity index (χ4n) is 4.38. The van der Waals surface area contributed by atoms with Gasteiger partial charge in [-0.1, -0.05) is 70.9 Å². The van der Waals surface area contributed by atoms with Crippen LogP contribution in [0.25, 0.3) is 0 Å². The molecule has 3 aromatic rings. The third-order valence-corrected chi connectivity index (χ3v) is 8.07. The molecule has 3 atom stereocenters. The van der Waals surface area contributed by atoms with Crippen molar-refractivity contribution in [3.63, 3.8) is 0 Å². The van der Waals surface area contributed by atoms with Gasteiger partial charge in [-0.05, 0) is 64.0 Å². The molecule has 0 unspecified atom stereocenters. The minimum absolute atomic E-state index is 0.00146. The highest BCUT2D eigenvalue weighted by atomic mass is 127. The van der Waals surface area contributed by atoms with Crippen molar-refractivity contribution in [3.05, 3.63) is 87.7 Å². The maximum Gasteiger partial charge on any atom is 0.170 e. The lowest BCUT2D eigenvalue weighted by Crippen LogP contribution is -2.51. The van der Waals surface area contributed by atoms with Crippen LogP contribution in [-0.2, 0) is 10.2 Å². The molecule has 0 aliphatic carbocycles. The smallest absolute Gasteiger partial charge is 0.170 e. The average Bonchev–Trinajstić information content (AvgIpc) is 2.88. The van der Waals surface area contributed by atoms with Crippen LogP contribution < -0.4 is 9.64 Å². The second kappa shape index (κ2) is 13.0. The molecule has 37 heavy (non-hydrogen) atoms. The number of aromatic nitrogens is 1. The molecule has 2 aromatic carbocycles. The molecule has 0 amide bonds. The van der Waals surface area contributed by atoms with Gasteiger partial charge in [0.15, 0.2) is 3.61 Å². The lowest BCUT2D eigenvalue weighted by Gasteiger charge is -2.44. The van der Waals surface area contributed by atoms with Gasteiger partial charge in [-0.3, -0.25) is 9.88 Å². The summed E-state index contributed by atoms with van der Waals surface area (Å²) in [6.07, 6.45) is 1.60. The number of benzene rings is 2. The zero-order valence-electron chi connectivity index (χ0n) is 20.3. The number of hydrogen-bond acceptors (Lipinski definition) is 6. The molecular formula is C27H29Cl2I2N3O3. The molecule has 0 radical (unpaired) electrons. The molecular weight excluding hydrogens is 739 g/mol. The summed E-state index contributed by atoms with van der Waals surface area (Å²) in [6.45, 7) is 5.20. The number of rotatable bonds is 9. The Morgan fingerprint density at radius 2 is 1.89 bits per heavy atom. The van der Waals surface area contributed by atoms with E-state index in [1.54, 1.807) is 18.3 Å². The van der Waals surface area contributed by atoms with Crippen LogP contribution in [0.4, 0.5) is 5.69 Å². The Bertz CT molecular complexity index is 1180. The van der Waals surface area contributed by atoms with Crippen molar-refractivity contribution in [1.82, 2.24) is 9.88 Å². The number of piperazine rings is 1. The zero-order chi connectivity index (χ0) is 26.6. The number of nitrogens with zero attached hydrogens (tertiary/aromatic N) is 3. The molecule has 10 heteroatoms. The molecule has 1 aromatic heterocycles. The lowest BCUT2D eigenvalue weighted by molar-refractivity contribution is 0.0827. The second-order valence-corrected chi connectivity index (χ2v) is 13.9. The van der Waals surface area contributed by atoms with Crippen LogP contribution in [0.15, 0.2) is 60.8 Å². The van der Waals surface area contributed by atoms with E-state index in [4.69, 9.17) is 27.9 Å². The van der Waals surface area contributed by atoms with E-state index in [2.05, 4.69) is 66.9 Å². The number of aliphatic hydroxyl groups excluding tert-OH is 1. The van der Waals surface area contributed by atoms with Crippen molar-refractivity contribution in [2.24, 2.45) is 0 Å². The summed E-state index contributed by atoms with van der Waals surface area (Å²) in [5.41, 5.74) is 3.34. The van der Waals surface area contributed by atoms with Crippen molar-refractivity contribution in [3.8, 4) is 5.75 Å². The van der Waals surface area contributed by atoms with Crippen LogP contribution in [0.3, 0.4) is 0 Å². The molecule has 2 heterocycles. The summed E-state index contributed by atoms with van der Waals surface area (Å²) in [4.78, 5) is 8.94. The fraction of sp³-hybridized carbons (Fsp3) is 0.370. The van der Waals surface area contributed by atoms with E-state index in [9.17, 15) is 10.2 Å². The van der Waals surface area contributed by atoms with E-state index < -0.39 is 3.61 Å². The van der Waals surface area contributed by atoms with Gasteiger partial charge in [-0.2, -0.15) is 0 Å². The third-order valence-electron chi connectivity index (χ3n) is 6.26. The van der Waals surface area contributed by atoms with Gasteiger partial charge in [0.1, 0.15) is 5.75 Å². The van der Waals surface area contributed by atoms with Crippen LogP contribution in [0.5, 0.6) is 5.75 Å². The van der Waals surface area contributed by atoms with E-state index in [0.29, 0.717) is 44.9 Å². The first-order valence-electron chi connectivity index (χ1n) is 11.9. The van der Waals surface area contributed by atoms with Gasteiger partial charge < -0.3 is 19.8 Å². The Hall–Kier alpha value is -0.890.